The van der Waals surface area contributed by atoms with Crippen LogP contribution in [0.1, 0.15) is 43.5 Å². The van der Waals surface area contributed by atoms with Gasteiger partial charge in [-0.2, -0.15) is 5.10 Å². The van der Waals surface area contributed by atoms with E-state index in [2.05, 4.69) is 21.2 Å². The van der Waals surface area contributed by atoms with E-state index in [1.54, 1.807) is 55.5 Å². The monoisotopic (exact) mass is 686 g/mol. The number of benzene rings is 3. The van der Waals surface area contributed by atoms with Crippen LogP contribution in [0.15, 0.2) is 71.0 Å². The topological polar surface area (TPSA) is 149 Å². The van der Waals surface area contributed by atoms with Crippen molar-refractivity contribution in [2.75, 3.05) is 26.9 Å². The van der Waals surface area contributed by atoms with E-state index in [-0.39, 0.29) is 18.8 Å². The maximum Gasteiger partial charge on any atom is 0.337 e. The number of urea groups is 1. The van der Waals surface area contributed by atoms with Crippen molar-refractivity contribution in [3.8, 4) is 23.0 Å². The van der Waals surface area contributed by atoms with Gasteiger partial charge >= 0.3 is 12.0 Å². The van der Waals surface area contributed by atoms with Crippen LogP contribution in [-0.4, -0.2) is 56.5 Å². The molecule has 0 aromatic heterocycles. The Bertz CT molecular complexity index is 1650. The lowest BCUT2D eigenvalue weighted by Crippen LogP contribution is -2.45. The summed E-state index contributed by atoms with van der Waals surface area (Å²) in [5.41, 5.74) is 5.41. The second kappa shape index (κ2) is 16.8. The number of carbonyl (C=O) groups excluding carboxylic acids is 2. The molecule has 4 rings (SSSR count). The molecular formula is C33H36Cl2N4O8. The summed E-state index contributed by atoms with van der Waals surface area (Å²) in [6.07, 6.45) is 0.358. The van der Waals surface area contributed by atoms with Gasteiger partial charge in [0.1, 0.15) is 13.2 Å². The number of amides is 2. The molecule has 1 aliphatic rings. The predicted octanol–water partition coefficient (Wildman–Crippen LogP) is 5.49. The van der Waals surface area contributed by atoms with Crippen molar-refractivity contribution < 1.29 is 38.4 Å². The van der Waals surface area contributed by atoms with Crippen molar-refractivity contribution in [3.63, 3.8) is 0 Å². The molecule has 0 saturated heterocycles. The van der Waals surface area contributed by atoms with Gasteiger partial charge in [-0.25, -0.2) is 9.59 Å². The third kappa shape index (κ3) is 9.44. The van der Waals surface area contributed by atoms with Gasteiger partial charge in [-0.3, -0.25) is 5.43 Å². The van der Waals surface area contributed by atoms with Gasteiger partial charge in [0, 0.05) is 5.70 Å². The average molecular weight is 688 g/mol. The Balaban J connectivity index is 1.37. The number of methoxy groups -OCH3 is 1. The largest absolute Gasteiger partial charge is 0.490 e. The fraction of sp³-hybridized carbons (Fsp3) is 0.303. The molecule has 2 atom stereocenters. The Hall–Kier alpha value is -4.65. The van der Waals surface area contributed by atoms with Crippen LogP contribution in [0.5, 0.6) is 23.0 Å². The Labute approximate surface area is 282 Å². The number of carbonyl (C=O) groups is 2. The first-order chi connectivity index (χ1) is 22.6. The molecule has 4 N–H and O–H groups in total. The van der Waals surface area contributed by atoms with Gasteiger partial charge in [0.25, 0.3) is 0 Å². The third-order valence-corrected chi connectivity index (χ3v) is 7.49. The minimum absolute atomic E-state index is 0.168. The van der Waals surface area contributed by atoms with E-state index in [4.69, 9.17) is 46.9 Å². The number of allylic oxidation sites excluding steroid dienone is 1. The van der Waals surface area contributed by atoms with Crippen LogP contribution >= 0.6 is 23.2 Å². The van der Waals surface area contributed by atoms with Crippen LogP contribution in [0.4, 0.5) is 4.79 Å². The zero-order chi connectivity index (χ0) is 33.9. The molecule has 3 aromatic rings. The maximum atomic E-state index is 12.5. The number of nitrogens with one attached hydrogen (secondary N) is 3. The number of halogens is 2. The van der Waals surface area contributed by atoms with E-state index in [0.29, 0.717) is 63.1 Å². The van der Waals surface area contributed by atoms with Crippen LogP contribution < -0.4 is 35.0 Å². The molecule has 3 aromatic carbocycles. The summed E-state index contributed by atoms with van der Waals surface area (Å²) < 4.78 is 28.2. The van der Waals surface area contributed by atoms with Gasteiger partial charge in [0.2, 0.25) is 0 Å². The Morgan fingerprint density at radius 3 is 2.36 bits per heavy atom. The number of hydrazone groups is 1. The van der Waals surface area contributed by atoms with Crippen molar-refractivity contribution in [1.29, 1.82) is 0 Å². The van der Waals surface area contributed by atoms with Crippen molar-refractivity contribution in [2.24, 2.45) is 5.10 Å². The highest BCUT2D eigenvalue weighted by Gasteiger charge is 2.32. The third-order valence-electron chi connectivity index (χ3n) is 6.76. The molecule has 2 amide bonds. The van der Waals surface area contributed by atoms with E-state index in [0.717, 1.165) is 5.56 Å². The van der Waals surface area contributed by atoms with E-state index in [9.17, 15) is 14.7 Å². The van der Waals surface area contributed by atoms with Crippen molar-refractivity contribution in [1.82, 2.24) is 16.1 Å². The molecule has 250 valence electrons. The second-order valence-electron chi connectivity index (χ2n) is 10.1. The fourth-order valence-electron chi connectivity index (χ4n) is 4.60. The van der Waals surface area contributed by atoms with E-state index >= 15 is 0 Å². The molecule has 0 radical (unpaired) electrons. The molecule has 0 aliphatic carbocycles. The maximum absolute atomic E-state index is 12.5. The lowest BCUT2D eigenvalue weighted by atomic mass is 9.95. The van der Waals surface area contributed by atoms with Crippen LogP contribution in [0, 0.1) is 0 Å². The summed E-state index contributed by atoms with van der Waals surface area (Å²) in [5.74, 6) is 1.20. The highest BCUT2D eigenvalue weighted by atomic mass is 35.5. The van der Waals surface area contributed by atoms with Crippen LogP contribution in [0.3, 0.4) is 0 Å². The van der Waals surface area contributed by atoms with Crippen molar-refractivity contribution in [2.45, 2.75) is 39.6 Å². The van der Waals surface area contributed by atoms with Gasteiger partial charge in [-0.15, -0.1) is 0 Å². The van der Waals surface area contributed by atoms with Gasteiger partial charge in [-0.1, -0.05) is 35.3 Å². The average Bonchev–Trinajstić information content (AvgIpc) is 3.05. The molecule has 12 nitrogen and oxygen atoms in total. The summed E-state index contributed by atoms with van der Waals surface area (Å²) in [5, 5.41) is 20.9. The summed E-state index contributed by atoms with van der Waals surface area (Å²) in [4.78, 5) is 24.6. The van der Waals surface area contributed by atoms with Crippen LogP contribution in [0.25, 0.3) is 0 Å². The number of hydrogen-bond acceptors (Lipinski definition) is 10. The number of aliphatic hydroxyl groups excluding tert-OH is 1. The summed E-state index contributed by atoms with van der Waals surface area (Å²) in [7, 11) is 1.27. The zero-order valence-corrected chi connectivity index (χ0v) is 27.8. The number of esters is 1. The quantitative estimate of drug-likeness (QED) is 0.0705. The van der Waals surface area contributed by atoms with Gasteiger partial charge in [-0.05, 0) is 79.9 Å². The number of aliphatic hydroxyl groups is 1. The fourth-order valence-corrected chi connectivity index (χ4v) is 4.92. The predicted molar refractivity (Wildman–Crippen MR) is 177 cm³/mol. The highest BCUT2D eigenvalue weighted by molar-refractivity contribution is 6.42. The summed E-state index contributed by atoms with van der Waals surface area (Å²) >= 11 is 12.1. The lowest BCUT2D eigenvalue weighted by molar-refractivity contribution is -0.136. The van der Waals surface area contributed by atoms with E-state index < -0.39 is 24.3 Å². The minimum Gasteiger partial charge on any atom is -0.490 e. The molecule has 0 spiro atoms. The standard InChI is InChI=1S/C33H36Cl2N4O8/c1-5-44-27-14-20(8-11-25(27)46-17-21-7-10-23(34)24(35)13-21)16-36-39-29(40)18-47-26-12-9-22(15-28(26)45-6-2)31-30(32(41)43-4)19(3)37-33(42)38-31/h7-16,29,31,39-40H,5-6,17-18H2,1-4H3,(H2,37,38,42)/b36-16-/t29-,31+/m0/s1. The van der Waals surface area contributed by atoms with Crippen molar-refractivity contribution >= 4 is 41.4 Å². The molecule has 0 unspecified atom stereocenters. The van der Waals surface area contributed by atoms with Crippen LogP contribution in [0.2, 0.25) is 10.0 Å². The van der Waals surface area contributed by atoms with Crippen molar-refractivity contribution in [3.05, 3.63) is 92.6 Å². The summed E-state index contributed by atoms with van der Waals surface area (Å²) in [6, 6.07) is 14.4. The second-order valence-corrected chi connectivity index (χ2v) is 10.9. The molecule has 47 heavy (non-hydrogen) atoms. The first-order valence-corrected chi connectivity index (χ1v) is 15.4. The van der Waals surface area contributed by atoms with E-state index in [1.165, 1.54) is 13.3 Å². The van der Waals surface area contributed by atoms with Gasteiger partial charge in [0.05, 0.1) is 48.2 Å². The number of nitrogens with zero attached hydrogens (tertiary/aromatic N) is 1. The first-order valence-electron chi connectivity index (χ1n) is 14.7. The molecule has 0 fully saturated rings. The number of rotatable bonds is 15. The Morgan fingerprint density at radius 1 is 0.957 bits per heavy atom. The molecule has 1 aliphatic heterocycles. The number of ether oxygens (including phenoxy) is 5. The SMILES string of the molecule is CCOc1cc(/C=N\N[C@@H](O)COc2ccc([C@H]3NC(=O)NC(C)=C3C(=O)OC)cc2OCC)ccc1OCc1ccc(Cl)c(Cl)c1. The van der Waals surface area contributed by atoms with Gasteiger partial charge in [0.15, 0.2) is 29.2 Å². The molecule has 1 heterocycles. The molecular weight excluding hydrogens is 651 g/mol. The van der Waals surface area contributed by atoms with Crippen LogP contribution in [-0.2, 0) is 16.1 Å². The van der Waals surface area contributed by atoms with Gasteiger partial charge < -0.3 is 39.4 Å². The Kier molecular flexibility index (Phi) is 12.6. The molecule has 0 bridgehead atoms. The molecule has 14 heteroatoms. The first kappa shape index (κ1) is 35.2. The summed E-state index contributed by atoms with van der Waals surface area (Å²) in [6.45, 7) is 6.16. The number of hydrogen-bond donors (Lipinski definition) is 4. The lowest BCUT2D eigenvalue weighted by Gasteiger charge is -2.28. The van der Waals surface area contributed by atoms with E-state index in [1.807, 2.05) is 19.9 Å². The normalized spacial score (nSPS) is 15.0. The smallest absolute Gasteiger partial charge is 0.337 e. The minimum atomic E-state index is -1.17. The Morgan fingerprint density at radius 2 is 1.66 bits per heavy atom. The highest BCUT2D eigenvalue weighted by Crippen LogP contribution is 2.35. The molecule has 0 saturated carbocycles. The zero-order valence-electron chi connectivity index (χ0n) is 26.3.